The van der Waals surface area contributed by atoms with Gasteiger partial charge in [0.15, 0.2) is 0 Å². The normalized spacial score (nSPS) is 19.8. The highest BCUT2D eigenvalue weighted by molar-refractivity contribution is 6.31. The number of piperidine rings is 1. The van der Waals surface area contributed by atoms with Crippen molar-refractivity contribution >= 4 is 35.0 Å². The van der Waals surface area contributed by atoms with Gasteiger partial charge in [0, 0.05) is 36.5 Å². The lowest BCUT2D eigenvalue weighted by molar-refractivity contribution is -0.164. The molecule has 1 saturated heterocycles. The molecule has 1 atom stereocenters. The number of aryl methyl sites for hydroxylation is 1. The molecule has 0 spiro atoms. The minimum atomic E-state index is -4.60. The van der Waals surface area contributed by atoms with E-state index in [0.717, 1.165) is 5.56 Å². The molecule has 3 amide bonds. The van der Waals surface area contributed by atoms with Crippen molar-refractivity contribution in [2.75, 3.05) is 19.6 Å². The number of likely N-dealkylation sites (tertiary alicyclic amines) is 1. The molecule has 190 valence electrons. The van der Waals surface area contributed by atoms with Crippen molar-refractivity contribution in [3.63, 3.8) is 0 Å². The number of primary amides is 1. The van der Waals surface area contributed by atoms with Crippen molar-refractivity contribution in [2.24, 2.45) is 16.3 Å². The van der Waals surface area contributed by atoms with Crippen LogP contribution in [0.25, 0.3) is 0 Å². The van der Waals surface area contributed by atoms with Gasteiger partial charge >= 0.3 is 6.18 Å². The summed E-state index contributed by atoms with van der Waals surface area (Å²) in [5.74, 6) is -1.71. The van der Waals surface area contributed by atoms with Crippen LogP contribution in [0.1, 0.15) is 34.3 Å². The Kier molecular flexibility index (Phi) is 7.08. The zero-order valence-corrected chi connectivity index (χ0v) is 20.0. The molecule has 0 aromatic heterocycles. The van der Waals surface area contributed by atoms with Crippen molar-refractivity contribution in [1.82, 2.24) is 9.91 Å². The molecule has 0 unspecified atom stereocenters. The number of hydrogen-bond acceptors (Lipinski definition) is 4. The van der Waals surface area contributed by atoms with Gasteiger partial charge in [-0.15, -0.1) is 0 Å². The maximum Gasteiger partial charge on any atom is 0.408 e. The summed E-state index contributed by atoms with van der Waals surface area (Å²) in [5, 5.41) is 4.88. The molecule has 2 aromatic carbocycles. The Bertz CT molecular complexity index is 1220. The van der Waals surface area contributed by atoms with Gasteiger partial charge in [0.05, 0.1) is 5.71 Å². The Morgan fingerprint density at radius 2 is 1.86 bits per heavy atom. The van der Waals surface area contributed by atoms with E-state index in [4.69, 9.17) is 17.3 Å². The van der Waals surface area contributed by atoms with Gasteiger partial charge in [0.1, 0.15) is 12.0 Å². The smallest absolute Gasteiger partial charge is 0.366 e. The van der Waals surface area contributed by atoms with E-state index >= 15 is 0 Å². The predicted octanol–water partition coefficient (Wildman–Crippen LogP) is 3.59. The summed E-state index contributed by atoms with van der Waals surface area (Å²) < 4.78 is 39.4. The van der Waals surface area contributed by atoms with Gasteiger partial charge in [-0.05, 0) is 36.1 Å². The predicted molar refractivity (Wildman–Crippen MR) is 127 cm³/mol. The first-order valence-electron chi connectivity index (χ1n) is 11.4. The van der Waals surface area contributed by atoms with Crippen molar-refractivity contribution in [2.45, 2.75) is 31.9 Å². The van der Waals surface area contributed by atoms with Gasteiger partial charge < -0.3 is 10.6 Å². The molecule has 2 aromatic rings. The van der Waals surface area contributed by atoms with Gasteiger partial charge in [-0.3, -0.25) is 14.4 Å². The molecule has 1 fully saturated rings. The second-order valence-electron chi connectivity index (χ2n) is 9.00. The van der Waals surface area contributed by atoms with Crippen LogP contribution in [0.2, 0.25) is 5.02 Å². The van der Waals surface area contributed by atoms with E-state index in [9.17, 15) is 27.6 Å². The topological polar surface area (TPSA) is 96.1 Å². The third-order valence-electron chi connectivity index (χ3n) is 6.49. The van der Waals surface area contributed by atoms with Crippen LogP contribution in [-0.2, 0) is 22.4 Å². The number of nitrogens with two attached hydrogens (primary N) is 1. The minimum Gasteiger partial charge on any atom is -0.366 e. The number of fused-ring (bicyclic) bond motifs is 1. The molecule has 2 aliphatic heterocycles. The molecule has 2 aliphatic rings. The van der Waals surface area contributed by atoms with Crippen LogP contribution >= 0.6 is 11.6 Å². The number of rotatable bonds is 7. The van der Waals surface area contributed by atoms with E-state index in [1.165, 1.54) is 11.0 Å². The van der Waals surface area contributed by atoms with Crippen LogP contribution in [-0.4, -0.2) is 59.2 Å². The molecule has 7 nitrogen and oxygen atoms in total. The van der Waals surface area contributed by atoms with Crippen LogP contribution in [0.5, 0.6) is 0 Å². The fourth-order valence-electron chi connectivity index (χ4n) is 4.81. The Hall–Kier alpha value is -3.40. The molecule has 2 heterocycles. The Morgan fingerprint density at radius 3 is 2.53 bits per heavy atom. The van der Waals surface area contributed by atoms with Crippen LogP contribution in [0.4, 0.5) is 13.2 Å². The van der Waals surface area contributed by atoms with Crippen molar-refractivity contribution in [3.05, 3.63) is 70.2 Å². The van der Waals surface area contributed by atoms with E-state index in [2.05, 4.69) is 5.10 Å². The molecule has 4 rings (SSSR count). The van der Waals surface area contributed by atoms with Crippen LogP contribution in [0.15, 0.2) is 53.6 Å². The van der Waals surface area contributed by atoms with E-state index in [1.54, 1.807) is 42.5 Å². The molecule has 0 radical (unpaired) electrons. The quantitative estimate of drug-likeness (QED) is 0.604. The van der Waals surface area contributed by atoms with Crippen molar-refractivity contribution in [3.8, 4) is 0 Å². The third-order valence-corrected chi connectivity index (χ3v) is 6.73. The first-order chi connectivity index (χ1) is 17.0. The average Bonchev–Trinajstić information content (AvgIpc) is 3.07. The standard InChI is InChI=1S/C25H24ClF3N4O3/c26-18-8-6-17(19(12-18)22(30)35)7-9-21(34)32-11-10-20-24(14-32,13-16-4-2-1-3-5-16)23(36)33(31-20)15-25(27,28)29/h1-6,8,12H,7,9-11,13-15H2,(H2,30,35)/t24-/m1/s1. The van der Waals surface area contributed by atoms with E-state index in [1.807, 2.05) is 0 Å². The number of carbonyl (C=O) groups excluding carboxylic acids is 3. The number of benzene rings is 2. The Morgan fingerprint density at radius 1 is 1.14 bits per heavy atom. The number of nitrogens with zero attached hydrogens (tertiary/aromatic N) is 3. The summed E-state index contributed by atoms with van der Waals surface area (Å²) >= 11 is 5.94. The molecule has 11 heteroatoms. The number of carbonyl (C=O) groups is 3. The highest BCUT2D eigenvalue weighted by Crippen LogP contribution is 2.40. The van der Waals surface area contributed by atoms with Gasteiger partial charge in [0.25, 0.3) is 5.91 Å². The molecule has 2 N–H and O–H groups in total. The van der Waals surface area contributed by atoms with E-state index in [-0.39, 0.29) is 50.2 Å². The van der Waals surface area contributed by atoms with Gasteiger partial charge in [-0.2, -0.15) is 18.3 Å². The lowest BCUT2D eigenvalue weighted by atomic mass is 9.73. The molecule has 0 aliphatic carbocycles. The maximum atomic E-state index is 13.4. The highest BCUT2D eigenvalue weighted by Gasteiger charge is 2.55. The second kappa shape index (κ2) is 9.93. The molecular formula is C25H24ClF3N4O3. The van der Waals surface area contributed by atoms with Gasteiger partial charge in [0.2, 0.25) is 11.8 Å². The average molecular weight is 521 g/mol. The van der Waals surface area contributed by atoms with E-state index in [0.29, 0.717) is 21.3 Å². The fourth-order valence-corrected chi connectivity index (χ4v) is 4.99. The third kappa shape index (κ3) is 5.38. The molecule has 0 bridgehead atoms. The largest absolute Gasteiger partial charge is 0.408 e. The molecule has 36 heavy (non-hydrogen) atoms. The zero-order valence-electron chi connectivity index (χ0n) is 19.2. The summed E-state index contributed by atoms with van der Waals surface area (Å²) in [4.78, 5) is 39.8. The summed E-state index contributed by atoms with van der Waals surface area (Å²) in [6, 6.07) is 13.6. The Labute approximate surface area is 210 Å². The maximum absolute atomic E-state index is 13.4. The summed E-state index contributed by atoms with van der Waals surface area (Å²) in [6.07, 6.45) is -4.05. The first kappa shape index (κ1) is 25.7. The van der Waals surface area contributed by atoms with Crippen LogP contribution in [0, 0.1) is 5.41 Å². The van der Waals surface area contributed by atoms with E-state index < -0.39 is 30.0 Å². The van der Waals surface area contributed by atoms with Gasteiger partial charge in [-0.25, -0.2) is 5.01 Å². The van der Waals surface area contributed by atoms with Crippen molar-refractivity contribution < 1.29 is 27.6 Å². The lowest BCUT2D eigenvalue weighted by Gasteiger charge is -2.39. The van der Waals surface area contributed by atoms with Crippen molar-refractivity contribution in [1.29, 1.82) is 0 Å². The Balaban J connectivity index is 1.55. The number of amides is 3. The number of alkyl halides is 3. The number of hydrogen-bond donors (Lipinski definition) is 1. The molecule has 0 saturated carbocycles. The van der Waals surface area contributed by atoms with Gasteiger partial charge in [-0.1, -0.05) is 48.0 Å². The van der Waals surface area contributed by atoms with Crippen LogP contribution < -0.4 is 5.73 Å². The summed E-state index contributed by atoms with van der Waals surface area (Å²) in [5.41, 5.74) is 5.96. The number of halogens is 4. The summed E-state index contributed by atoms with van der Waals surface area (Å²) in [7, 11) is 0. The minimum absolute atomic E-state index is 0.0241. The number of hydrazone groups is 1. The summed E-state index contributed by atoms with van der Waals surface area (Å²) in [6.45, 7) is -1.33. The van der Waals surface area contributed by atoms with Crippen LogP contribution in [0.3, 0.4) is 0 Å². The molecular weight excluding hydrogens is 497 g/mol. The highest BCUT2D eigenvalue weighted by atomic mass is 35.5. The first-order valence-corrected chi connectivity index (χ1v) is 11.7. The SMILES string of the molecule is NC(=O)c1cc(Cl)ccc1CCC(=O)N1CCC2=NN(CC(F)(F)F)C(=O)[C@]2(Cc2ccccc2)C1. The monoisotopic (exact) mass is 520 g/mol. The second-order valence-corrected chi connectivity index (χ2v) is 9.44. The zero-order chi connectivity index (χ0) is 26.1. The fraction of sp³-hybridized carbons (Fsp3) is 0.360. The lowest BCUT2D eigenvalue weighted by Crippen LogP contribution is -2.56.